The first-order valence-electron chi connectivity index (χ1n) is 5.30. The fourth-order valence-corrected chi connectivity index (χ4v) is 2.33. The van der Waals surface area contributed by atoms with Crippen LogP contribution in [0.4, 0.5) is 5.82 Å². The van der Waals surface area contributed by atoms with Crippen molar-refractivity contribution < 1.29 is 9.84 Å². The van der Waals surface area contributed by atoms with Gasteiger partial charge in [0.2, 0.25) is 0 Å². The van der Waals surface area contributed by atoms with Crippen molar-refractivity contribution in [2.45, 2.75) is 13.0 Å². The quantitative estimate of drug-likeness (QED) is 0.892. The SMILES string of the molecule is Cc1cc(Br)cnc1N1CCOC(CO)C1. The van der Waals surface area contributed by atoms with E-state index in [4.69, 9.17) is 9.84 Å². The van der Waals surface area contributed by atoms with Crippen LogP contribution in [-0.4, -0.2) is 42.5 Å². The Hall–Kier alpha value is -0.650. The fraction of sp³-hybridized carbons (Fsp3) is 0.545. The van der Waals surface area contributed by atoms with E-state index < -0.39 is 0 Å². The molecule has 2 rings (SSSR count). The van der Waals surface area contributed by atoms with Gasteiger partial charge in [-0.2, -0.15) is 0 Å². The Balaban J connectivity index is 2.16. The molecule has 1 N–H and O–H groups in total. The van der Waals surface area contributed by atoms with E-state index >= 15 is 0 Å². The van der Waals surface area contributed by atoms with Crippen LogP contribution in [-0.2, 0) is 4.74 Å². The Morgan fingerprint density at radius 1 is 1.69 bits per heavy atom. The molecule has 1 atom stereocenters. The maximum absolute atomic E-state index is 9.09. The minimum absolute atomic E-state index is 0.0616. The van der Waals surface area contributed by atoms with E-state index in [-0.39, 0.29) is 12.7 Å². The number of hydrogen-bond donors (Lipinski definition) is 1. The van der Waals surface area contributed by atoms with Gasteiger partial charge >= 0.3 is 0 Å². The number of rotatable bonds is 2. The van der Waals surface area contributed by atoms with E-state index in [1.165, 1.54) is 0 Å². The van der Waals surface area contributed by atoms with Crippen LogP contribution in [0.1, 0.15) is 5.56 Å². The largest absolute Gasteiger partial charge is 0.394 e. The van der Waals surface area contributed by atoms with Crippen molar-refractivity contribution >= 4 is 21.7 Å². The molecule has 16 heavy (non-hydrogen) atoms. The number of halogens is 1. The van der Waals surface area contributed by atoms with Crippen molar-refractivity contribution in [1.82, 2.24) is 4.98 Å². The molecule has 1 saturated heterocycles. The number of aliphatic hydroxyl groups excluding tert-OH is 1. The average Bonchev–Trinajstić information content (AvgIpc) is 2.29. The summed E-state index contributed by atoms with van der Waals surface area (Å²) < 4.78 is 6.40. The number of aromatic nitrogens is 1. The van der Waals surface area contributed by atoms with Crippen LogP contribution in [0.5, 0.6) is 0 Å². The summed E-state index contributed by atoms with van der Waals surface area (Å²) in [5, 5.41) is 9.09. The van der Waals surface area contributed by atoms with E-state index in [1.807, 2.05) is 13.0 Å². The van der Waals surface area contributed by atoms with Crippen LogP contribution in [0.3, 0.4) is 0 Å². The molecule has 4 nitrogen and oxygen atoms in total. The Labute approximate surface area is 103 Å². The van der Waals surface area contributed by atoms with Crippen molar-refractivity contribution in [3.63, 3.8) is 0 Å². The second-order valence-corrected chi connectivity index (χ2v) is 4.83. The van der Waals surface area contributed by atoms with E-state index in [9.17, 15) is 0 Å². The molecule has 0 bridgehead atoms. The molecule has 1 aromatic heterocycles. The van der Waals surface area contributed by atoms with Crippen LogP contribution in [0, 0.1) is 6.92 Å². The highest BCUT2D eigenvalue weighted by Crippen LogP contribution is 2.22. The second kappa shape index (κ2) is 5.12. The third-order valence-corrected chi connectivity index (χ3v) is 3.09. The van der Waals surface area contributed by atoms with Crippen molar-refractivity contribution in [3.8, 4) is 0 Å². The number of hydrogen-bond acceptors (Lipinski definition) is 4. The lowest BCUT2D eigenvalue weighted by Crippen LogP contribution is -2.44. The van der Waals surface area contributed by atoms with E-state index in [1.54, 1.807) is 6.20 Å². The number of nitrogens with zero attached hydrogens (tertiary/aromatic N) is 2. The summed E-state index contributed by atoms with van der Waals surface area (Å²) in [5.74, 6) is 0.977. The molecule has 5 heteroatoms. The summed E-state index contributed by atoms with van der Waals surface area (Å²) in [6.07, 6.45) is 1.70. The first kappa shape index (κ1) is 11.8. The highest BCUT2D eigenvalue weighted by Gasteiger charge is 2.21. The lowest BCUT2D eigenvalue weighted by molar-refractivity contribution is 0.00333. The summed E-state index contributed by atoms with van der Waals surface area (Å²) in [6, 6.07) is 2.05. The monoisotopic (exact) mass is 286 g/mol. The van der Waals surface area contributed by atoms with Gasteiger partial charge in [-0.05, 0) is 34.5 Å². The van der Waals surface area contributed by atoms with Gasteiger partial charge < -0.3 is 14.7 Å². The predicted molar refractivity (Wildman–Crippen MR) is 65.7 cm³/mol. The van der Waals surface area contributed by atoms with Crippen LogP contribution in [0.15, 0.2) is 16.7 Å². The number of pyridine rings is 1. The highest BCUT2D eigenvalue weighted by atomic mass is 79.9. The van der Waals surface area contributed by atoms with Gasteiger partial charge in [-0.1, -0.05) is 0 Å². The Bertz CT molecular complexity index is 373. The molecule has 0 saturated carbocycles. The molecule has 1 fully saturated rings. The third kappa shape index (κ3) is 2.53. The molecule has 0 aliphatic carbocycles. The van der Waals surface area contributed by atoms with E-state index in [0.717, 1.165) is 22.4 Å². The molecule has 2 heterocycles. The molecule has 1 unspecified atom stereocenters. The van der Waals surface area contributed by atoms with Gasteiger partial charge in [0, 0.05) is 23.8 Å². The number of morpholine rings is 1. The number of aliphatic hydroxyl groups is 1. The van der Waals surface area contributed by atoms with E-state index in [0.29, 0.717) is 13.2 Å². The smallest absolute Gasteiger partial charge is 0.131 e. The maximum Gasteiger partial charge on any atom is 0.131 e. The van der Waals surface area contributed by atoms with Gasteiger partial charge in [-0.3, -0.25) is 0 Å². The van der Waals surface area contributed by atoms with Crippen molar-refractivity contribution in [1.29, 1.82) is 0 Å². The standard InChI is InChI=1S/C11H15BrN2O2/c1-8-4-9(12)5-13-11(8)14-2-3-16-10(6-14)7-15/h4-5,10,15H,2-3,6-7H2,1H3. The Morgan fingerprint density at radius 2 is 2.50 bits per heavy atom. The maximum atomic E-state index is 9.09. The predicted octanol–water partition coefficient (Wildman–Crippen LogP) is 1.35. The molecule has 0 spiro atoms. The summed E-state index contributed by atoms with van der Waals surface area (Å²) in [7, 11) is 0. The molecule has 0 amide bonds. The van der Waals surface area contributed by atoms with Crippen LogP contribution >= 0.6 is 15.9 Å². The Kier molecular flexibility index (Phi) is 3.78. The zero-order valence-electron chi connectivity index (χ0n) is 9.19. The van der Waals surface area contributed by atoms with Crippen molar-refractivity contribution in [2.75, 3.05) is 31.2 Å². The van der Waals surface area contributed by atoms with Crippen LogP contribution < -0.4 is 4.90 Å². The first-order chi connectivity index (χ1) is 7.70. The lowest BCUT2D eigenvalue weighted by atomic mass is 10.2. The van der Waals surface area contributed by atoms with Gasteiger partial charge in [0.15, 0.2) is 0 Å². The zero-order chi connectivity index (χ0) is 11.5. The molecule has 0 aromatic carbocycles. The summed E-state index contributed by atoms with van der Waals surface area (Å²) >= 11 is 3.40. The van der Waals surface area contributed by atoms with Crippen molar-refractivity contribution in [3.05, 3.63) is 22.3 Å². The molecular weight excluding hydrogens is 272 g/mol. The van der Waals surface area contributed by atoms with Gasteiger partial charge in [0.05, 0.1) is 19.3 Å². The Morgan fingerprint density at radius 3 is 3.19 bits per heavy atom. The number of ether oxygens (including phenoxy) is 1. The van der Waals surface area contributed by atoms with Crippen LogP contribution in [0.25, 0.3) is 0 Å². The van der Waals surface area contributed by atoms with Gasteiger partial charge in [-0.25, -0.2) is 4.98 Å². The molecule has 88 valence electrons. The number of aryl methyl sites for hydroxylation is 1. The first-order valence-corrected chi connectivity index (χ1v) is 6.09. The molecule has 1 aliphatic heterocycles. The summed E-state index contributed by atoms with van der Waals surface area (Å²) in [5.41, 5.74) is 1.13. The highest BCUT2D eigenvalue weighted by molar-refractivity contribution is 9.10. The summed E-state index contributed by atoms with van der Waals surface area (Å²) in [6.45, 7) is 4.27. The zero-order valence-corrected chi connectivity index (χ0v) is 10.8. The molecule has 1 aliphatic rings. The molecular formula is C11H15BrN2O2. The third-order valence-electron chi connectivity index (χ3n) is 2.66. The van der Waals surface area contributed by atoms with Gasteiger partial charge in [0.1, 0.15) is 5.82 Å². The lowest BCUT2D eigenvalue weighted by Gasteiger charge is -2.33. The molecule has 0 radical (unpaired) electrons. The summed E-state index contributed by atoms with van der Waals surface area (Å²) in [4.78, 5) is 6.57. The molecule has 1 aromatic rings. The van der Waals surface area contributed by atoms with Crippen molar-refractivity contribution in [2.24, 2.45) is 0 Å². The topological polar surface area (TPSA) is 45.6 Å². The van der Waals surface area contributed by atoms with Crippen LogP contribution in [0.2, 0.25) is 0 Å². The number of anilines is 1. The fourth-order valence-electron chi connectivity index (χ4n) is 1.89. The van der Waals surface area contributed by atoms with Gasteiger partial charge in [0.25, 0.3) is 0 Å². The van der Waals surface area contributed by atoms with E-state index in [2.05, 4.69) is 25.8 Å². The second-order valence-electron chi connectivity index (χ2n) is 3.92. The van der Waals surface area contributed by atoms with Gasteiger partial charge in [-0.15, -0.1) is 0 Å². The minimum atomic E-state index is -0.0985. The normalized spacial score (nSPS) is 21.2. The minimum Gasteiger partial charge on any atom is -0.394 e. The average molecular weight is 287 g/mol.